The highest BCUT2D eigenvalue weighted by atomic mass is 16.5. The molecule has 0 aromatic heterocycles. The number of aliphatic carboxylic acids is 1. The number of carboxylic acid groups (broad SMARTS) is 1. The largest absolute Gasteiger partial charge is 0.480 e. The lowest BCUT2D eigenvalue weighted by Gasteiger charge is -2.32. The maximum atomic E-state index is 11.6. The molecule has 2 amide bonds. The van der Waals surface area contributed by atoms with Crippen LogP contribution < -0.4 is 10.6 Å². The Kier molecular flexibility index (Phi) is 7.98. The van der Waals surface area contributed by atoms with Crippen LogP contribution in [0, 0.1) is 0 Å². The minimum Gasteiger partial charge on any atom is -0.480 e. The number of rotatable bonds is 8. The molecule has 0 radical (unpaired) electrons. The SMILES string of the molecule is CCCN1CCC(NC(=O)NCCOCC(=O)O)CC1. The molecule has 1 rings (SSSR count). The third-order valence-electron chi connectivity index (χ3n) is 3.22. The van der Waals surface area contributed by atoms with E-state index in [-0.39, 0.29) is 25.3 Å². The summed E-state index contributed by atoms with van der Waals surface area (Å²) in [5.74, 6) is -1.01. The topological polar surface area (TPSA) is 90.9 Å². The molecule has 0 aromatic carbocycles. The molecule has 1 aliphatic rings. The predicted molar refractivity (Wildman–Crippen MR) is 74.7 cm³/mol. The van der Waals surface area contributed by atoms with E-state index in [1.54, 1.807) is 0 Å². The van der Waals surface area contributed by atoms with E-state index in [1.807, 2.05) is 0 Å². The van der Waals surface area contributed by atoms with Crippen molar-refractivity contribution in [2.75, 3.05) is 39.4 Å². The van der Waals surface area contributed by atoms with Gasteiger partial charge in [-0.2, -0.15) is 0 Å². The molecule has 1 saturated heterocycles. The van der Waals surface area contributed by atoms with Crippen LogP contribution in [0.4, 0.5) is 4.79 Å². The Morgan fingerprint density at radius 3 is 2.65 bits per heavy atom. The number of carbonyl (C=O) groups is 2. The highest BCUT2D eigenvalue weighted by molar-refractivity contribution is 5.74. The smallest absolute Gasteiger partial charge is 0.329 e. The van der Waals surface area contributed by atoms with Crippen molar-refractivity contribution in [1.29, 1.82) is 0 Å². The summed E-state index contributed by atoms with van der Waals surface area (Å²) in [6.07, 6.45) is 3.11. The molecule has 7 nitrogen and oxygen atoms in total. The molecule has 0 aromatic rings. The Labute approximate surface area is 119 Å². The maximum absolute atomic E-state index is 11.6. The Morgan fingerprint density at radius 2 is 2.05 bits per heavy atom. The molecule has 1 heterocycles. The minimum atomic E-state index is -1.01. The summed E-state index contributed by atoms with van der Waals surface area (Å²) >= 11 is 0. The minimum absolute atomic E-state index is 0.203. The van der Waals surface area contributed by atoms with E-state index >= 15 is 0 Å². The van der Waals surface area contributed by atoms with Crippen molar-refractivity contribution in [3.63, 3.8) is 0 Å². The van der Waals surface area contributed by atoms with Gasteiger partial charge in [0.1, 0.15) is 6.61 Å². The van der Waals surface area contributed by atoms with Crippen LogP contribution in [0.1, 0.15) is 26.2 Å². The summed E-state index contributed by atoms with van der Waals surface area (Å²) in [6, 6.07) is 0.0147. The van der Waals surface area contributed by atoms with E-state index < -0.39 is 5.97 Å². The van der Waals surface area contributed by atoms with Crippen LogP contribution in [0.5, 0.6) is 0 Å². The van der Waals surface area contributed by atoms with Crippen molar-refractivity contribution in [3.05, 3.63) is 0 Å². The number of ether oxygens (including phenoxy) is 1. The maximum Gasteiger partial charge on any atom is 0.329 e. The molecule has 3 N–H and O–H groups in total. The molecular formula is C13H25N3O4. The van der Waals surface area contributed by atoms with Crippen LogP contribution in [-0.2, 0) is 9.53 Å². The Hall–Kier alpha value is -1.34. The van der Waals surface area contributed by atoms with Gasteiger partial charge in [0.25, 0.3) is 0 Å². The van der Waals surface area contributed by atoms with Crippen molar-refractivity contribution in [2.24, 2.45) is 0 Å². The molecule has 0 spiro atoms. The van der Waals surface area contributed by atoms with Gasteiger partial charge in [-0.1, -0.05) is 6.92 Å². The van der Waals surface area contributed by atoms with Crippen molar-refractivity contribution in [1.82, 2.24) is 15.5 Å². The van der Waals surface area contributed by atoms with Crippen LogP contribution in [-0.4, -0.2) is 67.4 Å². The van der Waals surface area contributed by atoms with Crippen molar-refractivity contribution in [3.8, 4) is 0 Å². The molecule has 0 bridgehead atoms. The zero-order chi connectivity index (χ0) is 14.8. The van der Waals surface area contributed by atoms with E-state index in [9.17, 15) is 9.59 Å². The third kappa shape index (κ3) is 7.30. The molecule has 0 saturated carbocycles. The van der Waals surface area contributed by atoms with Gasteiger partial charge in [-0.05, 0) is 25.8 Å². The summed E-state index contributed by atoms with van der Waals surface area (Å²) in [5, 5.41) is 14.0. The van der Waals surface area contributed by atoms with Crippen LogP contribution >= 0.6 is 0 Å². The van der Waals surface area contributed by atoms with Gasteiger partial charge in [0.2, 0.25) is 0 Å². The van der Waals surface area contributed by atoms with Gasteiger partial charge < -0.3 is 25.4 Å². The van der Waals surface area contributed by atoms with Crippen molar-refractivity contribution >= 4 is 12.0 Å². The zero-order valence-electron chi connectivity index (χ0n) is 12.1. The average Bonchev–Trinajstić information content (AvgIpc) is 2.40. The normalized spacial score (nSPS) is 16.9. The fraction of sp³-hybridized carbons (Fsp3) is 0.846. The van der Waals surface area contributed by atoms with Gasteiger partial charge in [0.15, 0.2) is 0 Å². The summed E-state index contributed by atoms with van der Waals surface area (Å²) < 4.78 is 4.83. The van der Waals surface area contributed by atoms with E-state index in [0.717, 1.165) is 38.9 Å². The fourth-order valence-electron chi connectivity index (χ4n) is 2.25. The van der Waals surface area contributed by atoms with Gasteiger partial charge in [-0.3, -0.25) is 0 Å². The van der Waals surface area contributed by atoms with E-state index in [0.29, 0.717) is 6.54 Å². The van der Waals surface area contributed by atoms with Crippen LogP contribution in [0.25, 0.3) is 0 Å². The van der Waals surface area contributed by atoms with Gasteiger partial charge in [-0.15, -0.1) is 0 Å². The van der Waals surface area contributed by atoms with E-state index in [2.05, 4.69) is 22.5 Å². The van der Waals surface area contributed by atoms with Crippen LogP contribution in [0.3, 0.4) is 0 Å². The van der Waals surface area contributed by atoms with Crippen LogP contribution in [0.2, 0.25) is 0 Å². The molecule has 20 heavy (non-hydrogen) atoms. The first-order valence-corrected chi connectivity index (χ1v) is 7.18. The highest BCUT2D eigenvalue weighted by Crippen LogP contribution is 2.10. The highest BCUT2D eigenvalue weighted by Gasteiger charge is 2.19. The van der Waals surface area contributed by atoms with Gasteiger partial charge in [-0.25, -0.2) is 9.59 Å². The number of nitrogens with one attached hydrogen (secondary N) is 2. The van der Waals surface area contributed by atoms with Crippen molar-refractivity contribution in [2.45, 2.75) is 32.2 Å². The number of nitrogens with zero attached hydrogens (tertiary/aromatic N) is 1. The molecule has 0 unspecified atom stereocenters. The van der Waals surface area contributed by atoms with Crippen LogP contribution in [0.15, 0.2) is 0 Å². The van der Waals surface area contributed by atoms with Gasteiger partial charge in [0, 0.05) is 25.7 Å². The second-order valence-electron chi connectivity index (χ2n) is 4.96. The van der Waals surface area contributed by atoms with Gasteiger partial charge in [0.05, 0.1) is 6.61 Å². The predicted octanol–water partition coefficient (Wildman–Crippen LogP) is 0.261. The first kappa shape index (κ1) is 16.7. The monoisotopic (exact) mass is 287 g/mol. The molecular weight excluding hydrogens is 262 g/mol. The number of carbonyl (C=O) groups excluding carboxylic acids is 1. The van der Waals surface area contributed by atoms with Gasteiger partial charge >= 0.3 is 12.0 Å². The lowest BCUT2D eigenvalue weighted by molar-refractivity contribution is -0.142. The summed E-state index contributed by atoms with van der Waals surface area (Å²) in [7, 11) is 0. The lowest BCUT2D eigenvalue weighted by atomic mass is 10.1. The summed E-state index contributed by atoms with van der Waals surface area (Å²) in [6.45, 7) is 5.53. The summed E-state index contributed by atoms with van der Waals surface area (Å²) in [4.78, 5) is 24.2. The Balaban J connectivity index is 2.04. The molecule has 0 atom stereocenters. The number of urea groups is 1. The Morgan fingerprint density at radius 1 is 1.35 bits per heavy atom. The van der Waals surface area contributed by atoms with E-state index in [4.69, 9.17) is 9.84 Å². The fourth-order valence-corrected chi connectivity index (χ4v) is 2.25. The third-order valence-corrected chi connectivity index (χ3v) is 3.22. The molecule has 7 heteroatoms. The zero-order valence-corrected chi connectivity index (χ0v) is 12.1. The molecule has 1 fully saturated rings. The number of likely N-dealkylation sites (tertiary alicyclic amines) is 1. The summed E-state index contributed by atoms with van der Waals surface area (Å²) in [5.41, 5.74) is 0. The standard InChI is InChI=1S/C13H25N3O4/c1-2-6-16-7-3-11(4-8-16)15-13(19)14-5-9-20-10-12(17)18/h11H,2-10H2,1H3,(H,17,18)(H2,14,15,19). The number of amides is 2. The second kappa shape index (κ2) is 9.55. The van der Waals surface area contributed by atoms with E-state index in [1.165, 1.54) is 0 Å². The number of piperidine rings is 1. The number of carboxylic acids is 1. The molecule has 116 valence electrons. The lowest BCUT2D eigenvalue weighted by Crippen LogP contribution is -2.48. The number of hydrogen-bond donors (Lipinski definition) is 3. The Bertz CT molecular complexity index is 304. The van der Waals surface area contributed by atoms with Crippen molar-refractivity contribution < 1.29 is 19.4 Å². The quantitative estimate of drug-likeness (QED) is 0.557. The molecule has 1 aliphatic heterocycles. The first-order chi connectivity index (χ1) is 9.61. The first-order valence-electron chi connectivity index (χ1n) is 7.18. The second-order valence-corrected chi connectivity index (χ2v) is 4.96. The number of hydrogen-bond acceptors (Lipinski definition) is 4. The molecule has 0 aliphatic carbocycles. The average molecular weight is 287 g/mol.